The Kier molecular flexibility index (Phi) is 7.35. The zero-order chi connectivity index (χ0) is 26.0. The summed E-state index contributed by atoms with van der Waals surface area (Å²) in [5.41, 5.74) is 3.85. The fraction of sp³-hybridized carbons (Fsp3) is 0.179. The minimum Gasteiger partial charge on any atom is -0.494 e. The van der Waals surface area contributed by atoms with Crippen molar-refractivity contribution in [2.45, 2.75) is 27.2 Å². The van der Waals surface area contributed by atoms with Crippen LogP contribution in [0.15, 0.2) is 64.6 Å². The van der Waals surface area contributed by atoms with Crippen LogP contribution in [0.5, 0.6) is 5.75 Å². The second kappa shape index (κ2) is 10.5. The molecule has 0 aliphatic carbocycles. The number of nitrogens with one attached hydrogen (secondary N) is 1. The van der Waals surface area contributed by atoms with Gasteiger partial charge in [0.1, 0.15) is 17.1 Å². The average Bonchev–Trinajstić information content (AvgIpc) is 2.82. The van der Waals surface area contributed by atoms with E-state index >= 15 is 0 Å². The van der Waals surface area contributed by atoms with Crippen LogP contribution in [-0.2, 0) is 16.0 Å². The number of nitrogens with zero attached hydrogens (tertiary/aromatic N) is 1. The van der Waals surface area contributed by atoms with Gasteiger partial charge in [0.05, 0.1) is 12.3 Å². The molecule has 1 N–H and O–H groups in total. The van der Waals surface area contributed by atoms with Crippen LogP contribution in [0.3, 0.4) is 0 Å². The van der Waals surface area contributed by atoms with Crippen molar-refractivity contribution >= 4 is 45.5 Å². The maximum absolute atomic E-state index is 14.3. The van der Waals surface area contributed by atoms with Crippen molar-refractivity contribution in [3.05, 3.63) is 98.3 Å². The maximum Gasteiger partial charge on any atom is 0.335 e. The van der Waals surface area contributed by atoms with Crippen molar-refractivity contribution in [3.63, 3.8) is 0 Å². The highest BCUT2D eigenvalue weighted by atomic mass is 79.9. The van der Waals surface area contributed by atoms with Crippen LogP contribution in [0, 0.1) is 19.7 Å². The van der Waals surface area contributed by atoms with Gasteiger partial charge in [0.25, 0.3) is 11.8 Å². The lowest BCUT2D eigenvalue weighted by Crippen LogP contribution is -2.54. The Balaban J connectivity index is 1.73. The molecular weight excluding hydrogens is 527 g/mol. The molecule has 184 valence electrons. The summed E-state index contributed by atoms with van der Waals surface area (Å²) in [5.74, 6) is -1.34. The van der Waals surface area contributed by atoms with Crippen molar-refractivity contribution in [2.75, 3.05) is 11.5 Å². The minimum absolute atomic E-state index is 0.191. The topological polar surface area (TPSA) is 75.7 Å². The molecule has 0 bridgehead atoms. The van der Waals surface area contributed by atoms with Crippen molar-refractivity contribution in [2.24, 2.45) is 0 Å². The number of rotatable bonds is 6. The van der Waals surface area contributed by atoms with E-state index in [9.17, 15) is 18.8 Å². The summed E-state index contributed by atoms with van der Waals surface area (Å²) >= 11 is 3.54. The standard InChI is InChI=1S/C28H24BrFN2O4/c1-4-36-25-14-18(13-23(29)21(25)15-19-7-5-6-8-24(19)30)12-22-26(33)31-28(35)32(27(22)34)20-10-9-16(2)17(3)11-20/h5-14H,4,15H2,1-3H3,(H,31,33,35)/b22-12+. The van der Waals surface area contributed by atoms with Crippen molar-refractivity contribution < 1.29 is 23.5 Å². The van der Waals surface area contributed by atoms with Gasteiger partial charge < -0.3 is 4.74 Å². The first-order valence-corrected chi connectivity index (χ1v) is 12.2. The number of aryl methyl sites for hydroxylation is 2. The molecule has 36 heavy (non-hydrogen) atoms. The van der Waals surface area contributed by atoms with E-state index < -0.39 is 17.8 Å². The summed E-state index contributed by atoms with van der Waals surface area (Å²) in [7, 11) is 0. The van der Waals surface area contributed by atoms with Crippen molar-refractivity contribution in [1.29, 1.82) is 0 Å². The summed E-state index contributed by atoms with van der Waals surface area (Å²) < 4.78 is 20.7. The molecule has 4 rings (SSSR count). The number of halogens is 2. The van der Waals surface area contributed by atoms with Gasteiger partial charge in [-0.1, -0.05) is 40.2 Å². The van der Waals surface area contributed by atoms with Gasteiger partial charge in [-0.3, -0.25) is 14.9 Å². The number of urea groups is 1. The van der Waals surface area contributed by atoms with Gasteiger partial charge in [-0.05, 0) is 79.4 Å². The molecule has 1 heterocycles. The largest absolute Gasteiger partial charge is 0.494 e. The summed E-state index contributed by atoms with van der Waals surface area (Å²) in [4.78, 5) is 39.4. The van der Waals surface area contributed by atoms with Crippen LogP contribution in [0.25, 0.3) is 6.08 Å². The molecule has 8 heteroatoms. The molecule has 0 saturated carbocycles. The molecule has 3 aromatic carbocycles. The molecule has 6 nitrogen and oxygen atoms in total. The number of anilines is 1. The van der Waals surface area contributed by atoms with E-state index in [0.29, 0.717) is 33.6 Å². The third kappa shape index (κ3) is 5.09. The van der Waals surface area contributed by atoms with Crippen LogP contribution < -0.4 is 15.0 Å². The van der Waals surface area contributed by atoms with E-state index in [4.69, 9.17) is 4.74 Å². The molecule has 0 spiro atoms. The number of imide groups is 2. The Labute approximate surface area is 216 Å². The lowest BCUT2D eigenvalue weighted by Gasteiger charge is -2.27. The summed E-state index contributed by atoms with van der Waals surface area (Å²) in [6.45, 7) is 6.00. The smallest absolute Gasteiger partial charge is 0.335 e. The van der Waals surface area contributed by atoms with Gasteiger partial charge in [-0.25, -0.2) is 14.1 Å². The third-order valence-electron chi connectivity index (χ3n) is 5.96. The summed E-state index contributed by atoms with van der Waals surface area (Å²) in [6, 6.07) is 14.3. The third-order valence-corrected chi connectivity index (χ3v) is 6.67. The Bertz CT molecular complexity index is 1420. The fourth-order valence-corrected chi connectivity index (χ4v) is 4.53. The van der Waals surface area contributed by atoms with Gasteiger partial charge in [0.2, 0.25) is 0 Å². The number of carbonyl (C=O) groups excluding carboxylic acids is 3. The predicted molar refractivity (Wildman–Crippen MR) is 139 cm³/mol. The molecule has 1 fully saturated rings. The molecule has 4 amide bonds. The zero-order valence-corrected chi connectivity index (χ0v) is 21.6. The summed E-state index contributed by atoms with van der Waals surface area (Å²) in [5, 5.41) is 2.24. The molecule has 1 aliphatic rings. The van der Waals surface area contributed by atoms with E-state index in [1.807, 2.05) is 26.8 Å². The van der Waals surface area contributed by atoms with Gasteiger partial charge in [0.15, 0.2) is 0 Å². The van der Waals surface area contributed by atoms with Gasteiger partial charge in [-0.15, -0.1) is 0 Å². The first kappa shape index (κ1) is 25.3. The molecule has 0 unspecified atom stereocenters. The first-order valence-electron chi connectivity index (χ1n) is 11.4. The predicted octanol–water partition coefficient (Wildman–Crippen LogP) is 5.86. The van der Waals surface area contributed by atoms with E-state index in [1.165, 1.54) is 12.1 Å². The van der Waals surface area contributed by atoms with Gasteiger partial charge in [0, 0.05) is 16.5 Å². The number of amides is 4. The average molecular weight is 551 g/mol. The molecule has 1 saturated heterocycles. The zero-order valence-electron chi connectivity index (χ0n) is 20.0. The Morgan fingerprint density at radius 3 is 2.47 bits per heavy atom. The number of ether oxygens (including phenoxy) is 1. The Morgan fingerprint density at radius 1 is 1.03 bits per heavy atom. The second-order valence-electron chi connectivity index (χ2n) is 8.41. The monoisotopic (exact) mass is 550 g/mol. The molecular formula is C28H24BrFN2O4. The molecule has 0 radical (unpaired) electrons. The number of hydrogen-bond donors (Lipinski definition) is 1. The van der Waals surface area contributed by atoms with E-state index in [1.54, 1.807) is 42.5 Å². The van der Waals surface area contributed by atoms with Crippen LogP contribution in [0.1, 0.15) is 34.7 Å². The van der Waals surface area contributed by atoms with E-state index in [0.717, 1.165) is 21.6 Å². The lowest BCUT2D eigenvalue weighted by atomic mass is 10.00. The molecule has 0 aromatic heterocycles. The van der Waals surface area contributed by atoms with Gasteiger partial charge in [-0.2, -0.15) is 0 Å². The highest BCUT2D eigenvalue weighted by Crippen LogP contribution is 2.33. The SMILES string of the molecule is CCOc1cc(/C=C2\C(=O)NC(=O)N(c3ccc(C)c(C)c3)C2=O)cc(Br)c1Cc1ccccc1F. The highest BCUT2D eigenvalue weighted by molar-refractivity contribution is 9.10. The van der Waals surface area contributed by atoms with E-state index in [2.05, 4.69) is 21.2 Å². The van der Waals surface area contributed by atoms with Crippen LogP contribution in [-0.4, -0.2) is 24.5 Å². The molecule has 3 aromatic rings. The van der Waals surface area contributed by atoms with E-state index in [-0.39, 0.29) is 17.8 Å². The lowest BCUT2D eigenvalue weighted by molar-refractivity contribution is -0.122. The quantitative estimate of drug-likeness (QED) is 0.308. The number of benzene rings is 3. The fourth-order valence-electron chi connectivity index (χ4n) is 3.93. The van der Waals surface area contributed by atoms with Crippen molar-refractivity contribution in [1.82, 2.24) is 5.32 Å². The first-order chi connectivity index (χ1) is 17.2. The number of carbonyl (C=O) groups is 3. The number of hydrogen-bond acceptors (Lipinski definition) is 4. The number of barbiturate groups is 1. The normalized spacial score (nSPS) is 14.9. The van der Waals surface area contributed by atoms with Crippen LogP contribution in [0.2, 0.25) is 0 Å². The second-order valence-corrected chi connectivity index (χ2v) is 9.26. The van der Waals surface area contributed by atoms with Crippen LogP contribution >= 0.6 is 15.9 Å². The Morgan fingerprint density at radius 2 is 1.78 bits per heavy atom. The summed E-state index contributed by atoms with van der Waals surface area (Å²) in [6.07, 6.45) is 1.70. The Hall–Kier alpha value is -3.78. The van der Waals surface area contributed by atoms with Gasteiger partial charge >= 0.3 is 6.03 Å². The van der Waals surface area contributed by atoms with Crippen LogP contribution in [0.4, 0.5) is 14.9 Å². The van der Waals surface area contributed by atoms with Crippen molar-refractivity contribution in [3.8, 4) is 5.75 Å². The molecule has 1 aliphatic heterocycles. The molecule has 0 atom stereocenters. The minimum atomic E-state index is -0.804. The highest BCUT2D eigenvalue weighted by Gasteiger charge is 2.37. The maximum atomic E-state index is 14.3.